The number of nitrogens with zero attached hydrogens (tertiary/aromatic N) is 4. The molecule has 0 unspecified atom stereocenters. The van der Waals surface area contributed by atoms with Gasteiger partial charge in [0.2, 0.25) is 0 Å². The van der Waals surface area contributed by atoms with Crippen molar-refractivity contribution in [2.45, 2.75) is 0 Å². The lowest BCUT2D eigenvalue weighted by atomic mass is 9.99. The van der Waals surface area contributed by atoms with Gasteiger partial charge in [0.05, 0.1) is 27.6 Å². The number of hydrogen-bond acceptors (Lipinski definition) is 3. The number of rotatable bonds is 2. The summed E-state index contributed by atoms with van der Waals surface area (Å²) in [7, 11) is 0. The van der Waals surface area contributed by atoms with Crippen LogP contribution in [-0.4, -0.2) is 18.9 Å². The summed E-state index contributed by atoms with van der Waals surface area (Å²) in [6, 6.07) is 56.3. The van der Waals surface area contributed by atoms with Crippen molar-refractivity contribution in [3.63, 3.8) is 0 Å². The maximum atomic E-state index is 6.77. The summed E-state index contributed by atoms with van der Waals surface area (Å²) in [5.74, 6) is 1.39. The van der Waals surface area contributed by atoms with Crippen LogP contribution < -0.4 is 0 Å². The van der Waals surface area contributed by atoms with E-state index in [0.717, 1.165) is 44.3 Å². The van der Waals surface area contributed by atoms with E-state index in [1.807, 2.05) is 18.2 Å². The molecule has 13 rings (SSSR count). The molecule has 0 saturated heterocycles. The Labute approximate surface area is 300 Å². The lowest BCUT2D eigenvalue weighted by molar-refractivity contribution is 0.662. The standard InChI is InChI=1S/C48H26N4O/c1-2-13-29-25-30(22-21-27(29)11-1)47-49-44-34-17-7-10-20-40(34)53-46(44)48(50-47)52-38-24-23-28-12-3-4-14-31(28)41(38)43-39(52)26-35-32-15-5-8-18-36(32)51-37-19-9-6-16-33(37)42(43)45(35)51/h1-26H. The fourth-order valence-corrected chi connectivity index (χ4v) is 9.19. The van der Waals surface area contributed by atoms with Crippen LogP contribution in [0, 0.1) is 0 Å². The van der Waals surface area contributed by atoms with Gasteiger partial charge in [-0.05, 0) is 64.0 Å². The molecule has 53 heavy (non-hydrogen) atoms. The van der Waals surface area contributed by atoms with Gasteiger partial charge >= 0.3 is 0 Å². The Kier molecular flexibility index (Phi) is 5.06. The zero-order valence-electron chi connectivity index (χ0n) is 28.2. The van der Waals surface area contributed by atoms with E-state index < -0.39 is 0 Å². The minimum absolute atomic E-state index is 0.660. The first-order valence-electron chi connectivity index (χ1n) is 18.0. The van der Waals surface area contributed by atoms with Crippen LogP contribution in [0.25, 0.3) is 121 Å². The lowest BCUT2D eigenvalue weighted by Gasteiger charge is -2.11. The van der Waals surface area contributed by atoms with E-state index in [1.54, 1.807) is 0 Å². The van der Waals surface area contributed by atoms with Crippen LogP contribution in [0.4, 0.5) is 0 Å². The Morgan fingerprint density at radius 1 is 0.434 bits per heavy atom. The number of hydrogen-bond donors (Lipinski definition) is 0. The van der Waals surface area contributed by atoms with Gasteiger partial charge in [-0.25, -0.2) is 9.97 Å². The van der Waals surface area contributed by atoms with Crippen molar-refractivity contribution in [1.29, 1.82) is 0 Å². The molecule has 0 radical (unpaired) electrons. The molecule has 0 fully saturated rings. The Morgan fingerprint density at radius 2 is 1.11 bits per heavy atom. The number of fused-ring (bicyclic) bond motifs is 16. The number of furan rings is 1. The third-order valence-corrected chi connectivity index (χ3v) is 11.4. The predicted molar refractivity (Wildman–Crippen MR) is 219 cm³/mol. The minimum Gasteiger partial charge on any atom is -0.450 e. The van der Waals surface area contributed by atoms with E-state index in [2.05, 4.69) is 148 Å². The first-order chi connectivity index (χ1) is 26.3. The molecule has 0 N–H and O–H groups in total. The quantitative estimate of drug-likeness (QED) is 0.183. The van der Waals surface area contributed by atoms with Crippen LogP contribution in [0.15, 0.2) is 162 Å². The molecule has 8 aromatic carbocycles. The molecule has 13 aromatic rings. The second kappa shape index (κ2) is 9.75. The number of para-hydroxylation sites is 3. The van der Waals surface area contributed by atoms with E-state index in [4.69, 9.17) is 14.4 Å². The molecule has 0 saturated carbocycles. The van der Waals surface area contributed by atoms with Gasteiger partial charge in [-0.1, -0.05) is 115 Å². The van der Waals surface area contributed by atoms with E-state index in [-0.39, 0.29) is 0 Å². The smallest absolute Gasteiger partial charge is 0.197 e. The molecule has 0 bridgehead atoms. The van der Waals surface area contributed by atoms with Crippen molar-refractivity contribution in [1.82, 2.24) is 18.9 Å². The van der Waals surface area contributed by atoms with Gasteiger partial charge in [-0.2, -0.15) is 0 Å². The third kappa shape index (κ3) is 3.46. The third-order valence-electron chi connectivity index (χ3n) is 11.4. The van der Waals surface area contributed by atoms with Crippen molar-refractivity contribution in [2.75, 3.05) is 0 Å². The van der Waals surface area contributed by atoms with Crippen LogP contribution in [-0.2, 0) is 0 Å². The van der Waals surface area contributed by atoms with E-state index >= 15 is 0 Å². The highest BCUT2D eigenvalue weighted by molar-refractivity contribution is 6.38. The van der Waals surface area contributed by atoms with E-state index in [0.29, 0.717) is 11.4 Å². The van der Waals surface area contributed by atoms with Crippen molar-refractivity contribution >= 4 is 104 Å². The van der Waals surface area contributed by atoms with Gasteiger partial charge in [0.1, 0.15) is 11.1 Å². The lowest BCUT2D eigenvalue weighted by Crippen LogP contribution is -2.02. The zero-order chi connectivity index (χ0) is 34.4. The summed E-state index contributed by atoms with van der Waals surface area (Å²) in [6.07, 6.45) is 0. The highest BCUT2D eigenvalue weighted by Crippen LogP contribution is 2.48. The molecular weight excluding hydrogens is 649 g/mol. The predicted octanol–water partition coefficient (Wildman–Crippen LogP) is 12.6. The summed E-state index contributed by atoms with van der Waals surface area (Å²) in [4.78, 5) is 10.7. The average Bonchev–Trinajstić information content (AvgIpc) is 3.95. The molecule has 0 aliphatic heterocycles. The zero-order valence-corrected chi connectivity index (χ0v) is 28.2. The molecule has 5 heterocycles. The van der Waals surface area contributed by atoms with Crippen LogP contribution in [0.1, 0.15) is 0 Å². The van der Waals surface area contributed by atoms with Crippen LogP contribution in [0.3, 0.4) is 0 Å². The average molecular weight is 675 g/mol. The number of aromatic nitrogens is 4. The van der Waals surface area contributed by atoms with Crippen LogP contribution in [0.5, 0.6) is 0 Å². The second-order valence-electron chi connectivity index (χ2n) is 14.1. The molecule has 0 atom stereocenters. The Balaban J connectivity index is 1.28. The number of benzene rings is 8. The molecule has 244 valence electrons. The topological polar surface area (TPSA) is 48.3 Å². The maximum Gasteiger partial charge on any atom is 0.197 e. The fourth-order valence-electron chi connectivity index (χ4n) is 9.19. The van der Waals surface area contributed by atoms with Crippen molar-refractivity contribution in [3.8, 4) is 17.2 Å². The Bertz CT molecular complexity index is 3700. The molecule has 5 aromatic heterocycles. The van der Waals surface area contributed by atoms with Gasteiger partial charge in [0.15, 0.2) is 17.2 Å². The molecule has 5 nitrogen and oxygen atoms in total. The van der Waals surface area contributed by atoms with Gasteiger partial charge in [0, 0.05) is 43.3 Å². The SMILES string of the molecule is c1ccc2cc(-c3nc(-n4c5ccc6ccccc6c5c5c6c7ccccc7n7c8ccccc8c(cc54)c67)c4oc5ccccc5c4n3)ccc2c1. The second-order valence-corrected chi connectivity index (χ2v) is 14.1. The van der Waals surface area contributed by atoms with E-state index in [9.17, 15) is 0 Å². The molecule has 0 aliphatic rings. The largest absolute Gasteiger partial charge is 0.450 e. The molecule has 0 aliphatic carbocycles. The maximum absolute atomic E-state index is 6.77. The Morgan fingerprint density at radius 3 is 1.98 bits per heavy atom. The molecule has 0 amide bonds. The van der Waals surface area contributed by atoms with Crippen LogP contribution in [0.2, 0.25) is 0 Å². The van der Waals surface area contributed by atoms with Gasteiger partial charge in [0.25, 0.3) is 0 Å². The van der Waals surface area contributed by atoms with Gasteiger partial charge in [-0.3, -0.25) is 4.57 Å². The highest BCUT2D eigenvalue weighted by Gasteiger charge is 2.27. The fraction of sp³-hybridized carbons (Fsp3) is 0. The van der Waals surface area contributed by atoms with Crippen molar-refractivity contribution in [2.24, 2.45) is 0 Å². The first-order valence-corrected chi connectivity index (χ1v) is 18.0. The normalized spacial score (nSPS) is 12.5. The minimum atomic E-state index is 0.660. The van der Waals surface area contributed by atoms with Crippen molar-refractivity contribution in [3.05, 3.63) is 158 Å². The molecular formula is C48H26N4O. The monoisotopic (exact) mass is 674 g/mol. The Hall–Kier alpha value is -7.24. The van der Waals surface area contributed by atoms with E-state index in [1.165, 1.54) is 65.0 Å². The first kappa shape index (κ1) is 27.5. The molecule has 5 heteroatoms. The summed E-state index contributed by atoms with van der Waals surface area (Å²) < 4.78 is 11.6. The van der Waals surface area contributed by atoms with Gasteiger partial charge in [-0.15, -0.1) is 0 Å². The summed E-state index contributed by atoms with van der Waals surface area (Å²) >= 11 is 0. The summed E-state index contributed by atoms with van der Waals surface area (Å²) in [6.45, 7) is 0. The molecule has 0 spiro atoms. The van der Waals surface area contributed by atoms with Crippen molar-refractivity contribution < 1.29 is 4.42 Å². The van der Waals surface area contributed by atoms with Crippen LogP contribution >= 0.6 is 0 Å². The highest BCUT2D eigenvalue weighted by atomic mass is 16.3. The summed E-state index contributed by atoms with van der Waals surface area (Å²) in [5, 5.41) is 13.1. The van der Waals surface area contributed by atoms with Gasteiger partial charge < -0.3 is 8.82 Å². The summed E-state index contributed by atoms with van der Waals surface area (Å²) in [5.41, 5.74) is 9.06.